The lowest BCUT2D eigenvalue weighted by molar-refractivity contribution is 0.242. The zero-order valence-corrected chi connectivity index (χ0v) is 14.6. The van der Waals surface area contributed by atoms with Crippen molar-refractivity contribution in [3.05, 3.63) is 48.7 Å². The predicted molar refractivity (Wildman–Crippen MR) is 98.3 cm³/mol. The van der Waals surface area contributed by atoms with Crippen LogP contribution in [0.25, 0.3) is 26.4 Å². The van der Waals surface area contributed by atoms with Crippen LogP contribution in [0.4, 0.5) is 0 Å². The summed E-state index contributed by atoms with van der Waals surface area (Å²) in [5.41, 5.74) is 3.20. The molecule has 0 atom stereocenters. The third-order valence-electron chi connectivity index (χ3n) is 3.82. The highest BCUT2D eigenvalue weighted by Gasteiger charge is 2.11. The fourth-order valence-electron chi connectivity index (χ4n) is 2.72. The second-order valence-corrected chi connectivity index (χ2v) is 6.91. The van der Waals surface area contributed by atoms with Crippen molar-refractivity contribution >= 4 is 26.5 Å². The molecule has 4 rings (SSSR count). The second kappa shape index (κ2) is 5.83. The molecule has 2 aromatic heterocycles. The molecule has 4 nitrogen and oxygen atoms in total. The number of fused-ring (bicyclic) bond motifs is 3. The molecular formula is C19H18N2O2S. The zero-order chi connectivity index (χ0) is 16.7. The number of aromatic nitrogens is 2. The fourth-order valence-corrected chi connectivity index (χ4v) is 3.76. The molecule has 4 aromatic rings. The van der Waals surface area contributed by atoms with E-state index < -0.39 is 0 Å². The quantitative estimate of drug-likeness (QED) is 0.524. The zero-order valence-electron chi connectivity index (χ0n) is 13.8. The topological polar surface area (TPSA) is 35.8 Å². The van der Waals surface area contributed by atoms with Gasteiger partial charge in [0.15, 0.2) is 4.96 Å². The average molecular weight is 338 g/mol. The number of nitrogens with zero attached hydrogens (tertiary/aromatic N) is 2. The van der Waals surface area contributed by atoms with Gasteiger partial charge in [-0.25, -0.2) is 4.98 Å². The van der Waals surface area contributed by atoms with Gasteiger partial charge in [0.05, 0.1) is 29.1 Å². The molecule has 0 spiro atoms. The molecule has 0 radical (unpaired) electrons. The van der Waals surface area contributed by atoms with Gasteiger partial charge in [-0.1, -0.05) is 11.3 Å². The predicted octanol–water partition coefficient (Wildman–Crippen LogP) is 5.01. The highest BCUT2D eigenvalue weighted by molar-refractivity contribution is 7.23. The molecule has 0 fully saturated rings. The number of ether oxygens (including phenoxy) is 2. The first kappa shape index (κ1) is 15.0. The molecule has 0 amide bonds. The van der Waals surface area contributed by atoms with E-state index in [-0.39, 0.29) is 6.10 Å². The Kier molecular flexibility index (Phi) is 3.65. The number of thiazole rings is 1. The van der Waals surface area contributed by atoms with Crippen LogP contribution in [0.3, 0.4) is 0 Å². The highest BCUT2D eigenvalue weighted by Crippen LogP contribution is 2.32. The van der Waals surface area contributed by atoms with Crippen molar-refractivity contribution in [3.8, 4) is 22.8 Å². The Morgan fingerprint density at radius 2 is 1.79 bits per heavy atom. The van der Waals surface area contributed by atoms with Crippen LogP contribution in [-0.2, 0) is 0 Å². The lowest BCUT2D eigenvalue weighted by Crippen LogP contribution is -2.05. The lowest BCUT2D eigenvalue weighted by atomic mass is 10.1. The molecule has 0 aliphatic rings. The standard InChI is InChI=1S/C19H18N2O2S/c1-12(2)23-14-6-4-13(5-7-14)16-11-21-17-9-8-15(22-3)10-18(17)24-19(21)20-16/h4-12H,1-3H3. The molecule has 0 N–H and O–H groups in total. The van der Waals surface area contributed by atoms with Crippen molar-refractivity contribution in [1.82, 2.24) is 9.38 Å². The molecule has 0 saturated carbocycles. The minimum absolute atomic E-state index is 0.178. The summed E-state index contributed by atoms with van der Waals surface area (Å²) < 4.78 is 14.3. The molecule has 0 aliphatic carbocycles. The molecule has 0 aliphatic heterocycles. The molecule has 24 heavy (non-hydrogen) atoms. The minimum atomic E-state index is 0.178. The Balaban J connectivity index is 1.72. The van der Waals surface area contributed by atoms with Gasteiger partial charge < -0.3 is 9.47 Å². The maximum Gasteiger partial charge on any atom is 0.195 e. The maximum absolute atomic E-state index is 5.69. The molecule has 5 heteroatoms. The van der Waals surface area contributed by atoms with Crippen LogP contribution in [0.2, 0.25) is 0 Å². The van der Waals surface area contributed by atoms with Crippen molar-refractivity contribution in [3.63, 3.8) is 0 Å². The molecule has 0 saturated heterocycles. The first-order chi connectivity index (χ1) is 11.6. The van der Waals surface area contributed by atoms with E-state index in [9.17, 15) is 0 Å². The summed E-state index contributed by atoms with van der Waals surface area (Å²) in [6, 6.07) is 14.2. The molecule has 2 aromatic carbocycles. The highest BCUT2D eigenvalue weighted by atomic mass is 32.1. The van der Waals surface area contributed by atoms with Crippen LogP contribution in [0.5, 0.6) is 11.5 Å². The van der Waals surface area contributed by atoms with Gasteiger partial charge in [-0.2, -0.15) is 0 Å². The molecular weight excluding hydrogens is 320 g/mol. The molecule has 122 valence electrons. The molecule has 0 bridgehead atoms. The first-order valence-electron chi connectivity index (χ1n) is 7.87. The van der Waals surface area contributed by atoms with Crippen LogP contribution in [0, 0.1) is 0 Å². The SMILES string of the molecule is COc1ccc2c(c1)sc1nc(-c3ccc(OC(C)C)cc3)cn12. The van der Waals surface area contributed by atoms with E-state index in [0.717, 1.165) is 33.2 Å². The van der Waals surface area contributed by atoms with Crippen molar-refractivity contribution in [2.45, 2.75) is 20.0 Å². The summed E-state index contributed by atoms with van der Waals surface area (Å²) in [5.74, 6) is 1.75. The smallest absolute Gasteiger partial charge is 0.195 e. The maximum atomic E-state index is 5.69. The van der Waals surface area contributed by atoms with Crippen LogP contribution in [0.15, 0.2) is 48.7 Å². The molecule has 0 unspecified atom stereocenters. The van der Waals surface area contributed by atoms with Crippen molar-refractivity contribution < 1.29 is 9.47 Å². The Bertz CT molecular complexity index is 999. The van der Waals surface area contributed by atoms with Gasteiger partial charge in [0.1, 0.15) is 11.5 Å². The van der Waals surface area contributed by atoms with Gasteiger partial charge in [0.25, 0.3) is 0 Å². The van der Waals surface area contributed by atoms with Gasteiger partial charge in [-0.15, -0.1) is 0 Å². The lowest BCUT2D eigenvalue weighted by Gasteiger charge is -2.09. The summed E-state index contributed by atoms with van der Waals surface area (Å²) in [7, 11) is 1.69. The summed E-state index contributed by atoms with van der Waals surface area (Å²) in [6.45, 7) is 4.05. The molecule has 2 heterocycles. The normalized spacial score (nSPS) is 11.5. The number of hydrogen-bond donors (Lipinski definition) is 0. The van der Waals surface area contributed by atoms with E-state index in [1.807, 2.05) is 38.1 Å². The Labute approximate surface area is 144 Å². The van der Waals surface area contributed by atoms with Crippen molar-refractivity contribution in [1.29, 1.82) is 0 Å². The van der Waals surface area contributed by atoms with Crippen LogP contribution in [-0.4, -0.2) is 22.6 Å². The Morgan fingerprint density at radius 3 is 2.50 bits per heavy atom. The van der Waals surface area contributed by atoms with E-state index in [0.29, 0.717) is 0 Å². The van der Waals surface area contributed by atoms with Crippen molar-refractivity contribution in [2.75, 3.05) is 7.11 Å². The second-order valence-electron chi connectivity index (χ2n) is 5.91. The van der Waals surface area contributed by atoms with E-state index in [2.05, 4.69) is 28.8 Å². The third kappa shape index (κ3) is 2.61. The number of hydrogen-bond acceptors (Lipinski definition) is 4. The Hall–Kier alpha value is -2.53. The van der Waals surface area contributed by atoms with Crippen LogP contribution >= 0.6 is 11.3 Å². The van der Waals surface area contributed by atoms with Gasteiger partial charge in [0.2, 0.25) is 0 Å². The average Bonchev–Trinajstić information content (AvgIpc) is 3.12. The van der Waals surface area contributed by atoms with E-state index >= 15 is 0 Å². The summed E-state index contributed by atoms with van der Waals surface area (Å²) >= 11 is 1.67. The minimum Gasteiger partial charge on any atom is -0.497 e. The van der Waals surface area contributed by atoms with Gasteiger partial charge in [-0.05, 0) is 56.3 Å². The number of rotatable bonds is 4. The van der Waals surface area contributed by atoms with Gasteiger partial charge >= 0.3 is 0 Å². The third-order valence-corrected chi connectivity index (χ3v) is 4.84. The van der Waals surface area contributed by atoms with E-state index in [1.165, 1.54) is 4.70 Å². The van der Waals surface area contributed by atoms with Gasteiger partial charge in [0, 0.05) is 11.8 Å². The van der Waals surface area contributed by atoms with Crippen LogP contribution in [0.1, 0.15) is 13.8 Å². The summed E-state index contributed by atoms with van der Waals surface area (Å²) in [5, 5.41) is 0. The Morgan fingerprint density at radius 1 is 1.04 bits per heavy atom. The van der Waals surface area contributed by atoms with E-state index in [1.54, 1.807) is 18.4 Å². The fraction of sp³-hybridized carbons (Fsp3) is 0.211. The summed E-state index contributed by atoms with van der Waals surface area (Å²) in [4.78, 5) is 5.75. The summed E-state index contributed by atoms with van der Waals surface area (Å²) in [6.07, 6.45) is 2.26. The van der Waals surface area contributed by atoms with Crippen molar-refractivity contribution in [2.24, 2.45) is 0 Å². The van der Waals surface area contributed by atoms with Crippen LogP contribution < -0.4 is 9.47 Å². The monoisotopic (exact) mass is 338 g/mol. The largest absolute Gasteiger partial charge is 0.497 e. The first-order valence-corrected chi connectivity index (χ1v) is 8.68. The number of imidazole rings is 1. The number of benzene rings is 2. The van der Waals surface area contributed by atoms with E-state index in [4.69, 9.17) is 14.5 Å². The number of methoxy groups -OCH3 is 1. The van der Waals surface area contributed by atoms with Gasteiger partial charge in [-0.3, -0.25) is 4.40 Å².